The number of carbonyl (C=O) groups excluding carboxylic acids is 1. The number of nitrogens with zero attached hydrogens (tertiary/aromatic N) is 2. The zero-order chi connectivity index (χ0) is 21.7. The molecule has 9 heteroatoms. The molecule has 2 heterocycles. The number of carbonyl (C=O) groups is 1. The third-order valence-corrected chi connectivity index (χ3v) is 5.84. The fourth-order valence-electron chi connectivity index (χ4n) is 3.50. The molecule has 0 radical (unpaired) electrons. The van der Waals surface area contributed by atoms with E-state index >= 15 is 0 Å². The summed E-state index contributed by atoms with van der Waals surface area (Å²) < 4.78 is 45.2. The van der Waals surface area contributed by atoms with E-state index in [0.717, 1.165) is 35.6 Å². The van der Waals surface area contributed by atoms with Gasteiger partial charge in [0.05, 0.1) is 24.1 Å². The number of aliphatic imine (C=N–C) groups is 1. The van der Waals surface area contributed by atoms with Crippen LogP contribution in [0.4, 0.5) is 18.0 Å². The third-order valence-electron chi connectivity index (χ3n) is 5.03. The molecule has 0 atom stereocenters. The van der Waals surface area contributed by atoms with Crippen LogP contribution in [0.2, 0.25) is 0 Å². The number of hydrogen-bond acceptors (Lipinski definition) is 5. The highest BCUT2D eigenvalue weighted by Crippen LogP contribution is 2.36. The maximum Gasteiger partial charge on any atom is 0.416 e. The van der Waals surface area contributed by atoms with Gasteiger partial charge >= 0.3 is 11.4 Å². The number of methoxy groups -OCH3 is 1. The molecule has 5 nitrogen and oxygen atoms in total. The summed E-state index contributed by atoms with van der Waals surface area (Å²) in [7, 11) is 1.35. The molecule has 2 aliphatic heterocycles. The van der Waals surface area contributed by atoms with Gasteiger partial charge in [0.25, 0.3) is 0 Å². The van der Waals surface area contributed by atoms with Gasteiger partial charge in [0, 0.05) is 6.54 Å². The molecule has 2 aliphatic rings. The first-order valence-corrected chi connectivity index (χ1v) is 10.3. The number of alkyl halides is 3. The quantitative estimate of drug-likeness (QED) is 0.697. The van der Waals surface area contributed by atoms with E-state index in [9.17, 15) is 18.0 Å². The molecule has 1 N–H and O–H groups in total. The molecule has 30 heavy (non-hydrogen) atoms. The van der Waals surface area contributed by atoms with E-state index in [1.165, 1.54) is 13.2 Å². The molecule has 0 spiro atoms. The third kappa shape index (κ3) is 5.58. The SMILES string of the molecule is C#CCNC1=NC(=O)SC1=CC1CCN(Cc2ccc(OC)cc2C(F)(F)F)CC1. The molecular weight excluding hydrogens is 415 g/mol. The predicted molar refractivity (Wildman–Crippen MR) is 111 cm³/mol. The van der Waals surface area contributed by atoms with Crippen LogP contribution in [-0.2, 0) is 12.7 Å². The molecule has 1 amide bonds. The van der Waals surface area contributed by atoms with Crippen LogP contribution in [0.5, 0.6) is 5.75 Å². The van der Waals surface area contributed by atoms with Crippen molar-refractivity contribution in [2.45, 2.75) is 25.6 Å². The first-order chi connectivity index (χ1) is 14.3. The average Bonchev–Trinajstić information content (AvgIpc) is 3.06. The fourth-order valence-corrected chi connectivity index (χ4v) is 4.30. The van der Waals surface area contributed by atoms with Crippen molar-refractivity contribution in [3.63, 3.8) is 0 Å². The van der Waals surface area contributed by atoms with E-state index in [1.807, 2.05) is 11.0 Å². The number of rotatable bonds is 5. The average molecular weight is 437 g/mol. The number of hydrogen-bond donors (Lipinski definition) is 1. The summed E-state index contributed by atoms with van der Waals surface area (Å²) in [6.07, 6.45) is 4.41. The van der Waals surface area contributed by atoms with Gasteiger partial charge in [-0.2, -0.15) is 18.2 Å². The van der Waals surface area contributed by atoms with E-state index in [1.54, 1.807) is 6.07 Å². The van der Waals surface area contributed by atoms with Crippen LogP contribution in [0, 0.1) is 18.3 Å². The topological polar surface area (TPSA) is 53.9 Å². The second-order valence-electron chi connectivity index (χ2n) is 7.05. The van der Waals surface area contributed by atoms with Gasteiger partial charge in [-0.15, -0.1) is 6.42 Å². The van der Waals surface area contributed by atoms with E-state index < -0.39 is 11.7 Å². The summed E-state index contributed by atoms with van der Waals surface area (Å²) >= 11 is 1.07. The highest BCUT2D eigenvalue weighted by atomic mass is 32.2. The Bertz CT molecular complexity index is 898. The van der Waals surface area contributed by atoms with Crippen LogP contribution in [0.1, 0.15) is 24.0 Å². The lowest BCUT2D eigenvalue weighted by molar-refractivity contribution is -0.138. The maximum absolute atomic E-state index is 13.4. The normalized spacial score (nSPS) is 19.6. The monoisotopic (exact) mass is 437 g/mol. The summed E-state index contributed by atoms with van der Waals surface area (Å²) in [5, 5.41) is 2.67. The molecule has 0 saturated carbocycles. The number of ether oxygens (including phenoxy) is 1. The van der Waals surface area contributed by atoms with Crippen molar-refractivity contribution in [1.29, 1.82) is 0 Å². The molecule has 0 aromatic heterocycles. The minimum absolute atomic E-state index is 0.191. The molecule has 1 aromatic carbocycles. The highest BCUT2D eigenvalue weighted by Gasteiger charge is 2.34. The molecular formula is C21H22F3N3O2S. The van der Waals surface area contributed by atoms with Crippen molar-refractivity contribution in [3.8, 4) is 18.1 Å². The predicted octanol–water partition coefficient (Wildman–Crippen LogP) is 4.30. The summed E-state index contributed by atoms with van der Waals surface area (Å²) in [5.74, 6) is 3.37. The number of allylic oxidation sites excluding steroid dienone is 1. The van der Waals surface area contributed by atoms with Crippen molar-refractivity contribution in [1.82, 2.24) is 10.2 Å². The highest BCUT2D eigenvalue weighted by molar-refractivity contribution is 8.18. The molecule has 160 valence electrons. The summed E-state index contributed by atoms with van der Waals surface area (Å²) in [4.78, 5) is 18.3. The number of amidine groups is 1. The van der Waals surface area contributed by atoms with E-state index in [2.05, 4.69) is 16.2 Å². The van der Waals surface area contributed by atoms with Gasteiger partial charge in [0.15, 0.2) is 0 Å². The molecule has 0 aliphatic carbocycles. The van der Waals surface area contributed by atoms with E-state index in [4.69, 9.17) is 11.2 Å². The summed E-state index contributed by atoms with van der Waals surface area (Å²) in [5.41, 5.74) is -0.419. The molecule has 1 saturated heterocycles. The Kier molecular flexibility index (Phi) is 7.10. The van der Waals surface area contributed by atoms with E-state index in [0.29, 0.717) is 18.9 Å². The zero-order valence-electron chi connectivity index (χ0n) is 16.5. The van der Waals surface area contributed by atoms with Crippen LogP contribution >= 0.6 is 11.8 Å². The number of nitrogens with one attached hydrogen (secondary N) is 1. The fraction of sp³-hybridized carbons (Fsp3) is 0.429. The number of amides is 1. The number of terminal acetylenes is 1. The molecule has 1 fully saturated rings. The molecule has 3 rings (SSSR count). The molecule has 0 bridgehead atoms. The van der Waals surface area contributed by atoms with Gasteiger partial charge in [-0.3, -0.25) is 9.69 Å². The maximum atomic E-state index is 13.4. The van der Waals surface area contributed by atoms with Crippen molar-refractivity contribution in [2.75, 3.05) is 26.7 Å². The van der Waals surface area contributed by atoms with Crippen LogP contribution in [0.15, 0.2) is 34.2 Å². The number of halogens is 3. The van der Waals surface area contributed by atoms with Crippen molar-refractivity contribution < 1.29 is 22.7 Å². The van der Waals surface area contributed by atoms with Crippen LogP contribution in [0.3, 0.4) is 0 Å². The smallest absolute Gasteiger partial charge is 0.416 e. The second kappa shape index (κ2) is 9.58. The van der Waals surface area contributed by atoms with Crippen LogP contribution < -0.4 is 10.1 Å². The first-order valence-electron chi connectivity index (χ1n) is 9.46. The Hall–Kier alpha value is -2.44. The first kappa shape index (κ1) is 22.2. The van der Waals surface area contributed by atoms with Gasteiger partial charge in [-0.05, 0) is 61.3 Å². The van der Waals surface area contributed by atoms with Crippen molar-refractivity contribution >= 4 is 22.8 Å². The minimum atomic E-state index is -4.43. The lowest BCUT2D eigenvalue weighted by atomic mass is 9.95. The standard InChI is InChI=1S/C21H22F3N3O2S/c1-3-8-25-19-18(30-20(28)26-19)11-14-6-9-27(10-7-14)13-15-4-5-16(29-2)12-17(15)21(22,23)24/h1,4-5,11-12,14H,6-10,13H2,2H3,(H,25,26,28). The number of likely N-dealkylation sites (tertiary alicyclic amines) is 1. The van der Waals surface area contributed by atoms with Gasteiger partial charge < -0.3 is 10.1 Å². The molecule has 1 aromatic rings. The summed E-state index contributed by atoms with van der Waals surface area (Å²) in [6, 6.07) is 4.08. The second-order valence-corrected chi connectivity index (χ2v) is 8.04. The Balaban J connectivity index is 1.62. The largest absolute Gasteiger partial charge is 0.497 e. The summed E-state index contributed by atoms with van der Waals surface area (Å²) in [6.45, 7) is 1.85. The van der Waals surface area contributed by atoms with Gasteiger partial charge in [0.2, 0.25) is 0 Å². The number of thioether (sulfide) groups is 1. The Labute approximate surface area is 177 Å². The van der Waals surface area contributed by atoms with Crippen LogP contribution in [0.25, 0.3) is 0 Å². The zero-order valence-corrected chi connectivity index (χ0v) is 17.3. The Morgan fingerprint density at radius 1 is 1.40 bits per heavy atom. The van der Waals surface area contributed by atoms with Crippen molar-refractivity contribution in [3.05, 3.63) is 40.3 Å². The van der Waals surface area contributed by atoms with Crippen molar-refractivity contribution in [2.24, 2.45) is 10.9 Å². The van der Waals surface area contributed by atoms with Crippen LogP contribution in [-0.4, -0.2) is 42.7 Å². The molecule has 0 unspecified atom stereocenters. The Morgan fingerprint density at radius 2 is 2.13 bits per heavy atom. The van der Waals surface area contributed by atoms with Gasteiger partial charge in [-0.1, -0.05) is 18.1 Å². The van der Waals surface area contributed by atoms with E-state index in [-0.39, 0.29) is 35.6 Å². The lowest BCUT2D eigenvalue weighted by Gasteiger charge is -2.31. The lowest BCUT2D eigenvalue weighted by Crippen LogP contribution is -2.33. The number of benzene rings is 1. The van der Waals surface area contributed by atoms with Gasteiger partial charge in [0.1, 0.15) is 11.6 Å². The van der Waals surface area contributed by atoms with Gasteiger partial charge in [-0.25, -0.2) is 0 Å². The Morgan fingerprint density at radius 3 is 2.77 bits per heavy atom. The number of piperidine rings is 1. The minimum Gasteiger partial charge on any atom is -0.497 e.